The molecule has 1 aliphatic carbocycles. The van der Waals surface area contributed by atoms with Crippen molar-refractivity contribution < 1.29 is 13.9 Å². The Morgan fingerprint density at radius 1 is 1.06 bits per heavy atom. The number of benzene rings is 1. The lowest BCUT2D eigenvalue weighted by Crippen LogP contribution is -2.44. The first-order chi connectivity index (χ1) is 16.2. The summed E-state index contributed by atoms with van der Waals surface area (Å²) in [6.07, 6.45) is 4.19. The van der Waals surface area contributed by atoms with Gasteiger partial charge in [0.25, 0.3) is 0 Å². The normalized spacial score (nSPS) is 15.2. The Balaban J connectivity index is 1.30. The summed E-state index contributed by atoms with van der Waals surface area (Å²) in [6.45, 7) is 6.17. The maximum absolute atomic E-state index is 6.09. The predicted octanol–water partition coefficient (Wildman–Crippen LogP) is 4.10. The maximum atomic E-state index is 6.09. The molecule has 2 aliphatic heterocycles. The summed E-state index contributed by atoms with van der Waals surface area (Å²) in [7, 11) is 3.83. The number of nitrogens with one attached hydrogen (secondary N) is 1. The van der Waals surface area contributed by atoms with Crippen LogP contribution in [0, 0.1) is 0 Å². The van der Waals surface area contributed by atoms with Gasteiger partial charge < -0.3 is 29.0 Å². The van der Waals surface area contributed by atoms with Crippen LogP contribution in [0.5, 0.6) is 11.5 Å². The largest absolute Gasteiger partial charge is 0.493 e. The van der Waals surface area contributed by atoms with Crippen molar-refractivity contribution in [2.75, 3.05) is 58.8 Å². The van der Waals surface area contributed by atoms with E-state index in [1.165, 1.54) is 0 Å². The highest BCUT2D eigenvalue weighted by atomic mass is 16.5. The smallest absolute Gasteiger partial charge is 0.163 e. The van der Waals surface area contributed by atoms with Crippen LogP contribution in [-0.4, -0.2) is 73.3 Å². The molecular weight excluding hydrogens is 418 g/mol. The van der Waals surface area contributed by atoms with Gasteiger partial charge in [-0.1, -0.05) is 0 Å². The Kier molecular flexibility index (Phi) is 6.28. The summed E-state index contributed by atoms with van der Waals surface area (Å²) in [6, 6.07) is 11.7. The molecule has 0 saturated carbocycles. The molecule has 5 rings (SSSR count). The molecule has 3 aliphatic rings. The average Bonchev–Trinajstić information content (AvgIpc) is 3.25. The molecule has 1 saturated heterocycles. The lowest BCUT2D eigenvalue weighted by molar-refractivity contribution is 0.145. The molecule has 0 spiro atoms. The van der Waals surface area contributed by atoms with Gasteiger partial charge in [0, 0.05) is 49.7 Å². The van der Waals surface area contributed by atoms with Gasteiger partial charge in [-0.15, -0.1) is 0 Å². The third-order valence-electron chi connectivity index (χ3n) is 6.12. The van der Waals surface area contributed by atoms with Crippen molar-refractivity contribution in [3.8, 4) is 22.8 Å². The Morgan fingerprint density at radius 2 is 1.94 bits per heavy atom. The van der Waals surface area contributed by atoms with E-state index in [0.29, 0.717) is 23.9 Å². The van der Waals surface area contributed by atoms with Gasteiger partial charge in [0.1, 0.15) is 12.1 Å². The Bertz CT molecular complexity index is 1190. The quantitative estimate of drug-likeness (QED) is 0.405. The molecule has 0 radical (unpaired) electrons. The van der Waals surface area contributed by atoms with Gasteiger partial charge in [-0.25, -0.2) is 9.97 Å². The predicted molar refractivity (Wildman–Crippen MR) is 129 cm³/mol. The molecule has 1 aromatic carbocycles. The van der Waals surface area contributed by atoms with E-state index in [0.717, 1.165) is 67.1 Å². The molecule has 2 aromatic rings. The van der Waals surface area contributed by atoms with Crippen LogP contribution in [-0.2, 0) is 0 Å². The topological polar surface area (TPSA) is 75.9 Å². The number of rotatable bonds is 8. The maximum Gasteiger partial charge on any atom is 0.163 e. The molecule has 1 aromatic heterocycles. The van der Waals surface area contributed by atoms with Crippen LogP contribution in [0.1, 0.15) is 6.42 Å². The minimum Gasteiger partial charge on any atom is -0.493 e. The number of nitrogens with zero attached hydrogens (tertiary/aromatic N) is 4. The van der Waals surface area contributed by atoms with Gasteiger partial charge in [-0.2, -0.15) is 0 Å². The van der Waals surface area contributed by atoms with Gasteiger partial charge in [-0.05, 0) is 43.8 Å². The van der Waals surface area contributed by atoms with Crippen molar-refractivity contribution in [3.63, 3.8) is 0 Å². The highest BCUT2D eigenvalue weighted by Crippen LogP contribution is 2.37. The second kappa shape index (κ2) is 9.64. The van der Waals surface area contributed by atoms with E-state index in [4.69, 9.17) is 13.9 Å². The zero-order valence-electron chi connectivity index (χ0n) is 19.1. The van der Waals surface area contributed by atoms with Gasteiger partial charge >= 0.3 is 0 Å². The molecule has 0 atom stereocenters. The van der Waals surface area contributed by atoms with Crippen LogP contribution < -0.4 is 14.8 Å². The Labute approximate surface area is 193 Å². The molecule has 8 heteroatoms. The van der Waals surface area contributed by atoms with Crippen LogP contribution in [0.4, 0.5) is 11.5 Å². The minimum atomic E-state index is 0.630. The highest BCUT2D eigenvalue weighted by Gasteiger charge is 2.16. The third kappa shape index (κ3) is 4.72. The van der Waals surface area contributed by atoms with Crippen molar-refractivity contribution in [1.29, 1.82) is 0 Å². The third-order valence-corrected chi connectivity index (χ3v) is 6.12. The lowest BCUT2D eigenvalue weighted by Gasteiger charge is -2.32. The summed E-state index contributed by atoms with van der Waals surface area (Å²) >= 11 is 0. The summed E-state index contributed by atoms with van der Waals surface area (Å²) in [5.41, 5.74) is 2.67. The average molecular weight is 448 g/mol. The number of hydrogen-bond donors (Lipinski definition) is 1. The Morgan fingerprint density at radius 3 is 2.79 bits per heavy atom. The van der Waals surface area contributed by atoms with Crippen molar-refractivity contribution >= 4 is 22.4 Å². The van der Waals surface area contributed by atoms with Crippen LogP contribution in [0.3, 0.4) is 0 Å². The van der Waals surface area contributed by atoms with Gasteiger partial charge in [0.15, 0.2) is 17.3 Å². The zero-order chi connectivity index (χ0) is 22.6. The number of anilines is 2. The van der Waals surface area contributed by atoms with E-state index in [-0.39, 0.29) is 0 Å². The fourth-order valence-electron chi connectivity index (χ4n) is 4.20. The van der Waals surface area contributed by atoms with Crippen LogP contribution in [0.15, 0.2) is 53.4 Å². The summed E-state index contributed by atoms with van der Waals surface area (Å²) in [4.78, 5) is 13.8. The SMILES string of the molecule is COc1cc2c(Nc3ccc4cccoc3-4)ncnc2cc1OCCCN1CCN(C)CC1. The van der Waals surface area contributed by atoms with Crippen molar-refractivity contribution in [2.24, 2.45) is 0 Å². The van der Waals surface area contributed by atoms with Crippen molar-refractivity contribution in [3.05, 3.63) is 49.0 Å². The summed E-state index contributed by atoms with van der Waals surface area (Å²) < 4.78 is 17.4. The van der Waals surface area contributed by atoms with Crippen molar-refractivity contribution in [1.82, 2.24) is 19.8 Å². The fourth-order valence-corrected chi connectivity index (χ4v) is 4.20. The number of fused-ring (bicyclic) bond motifs is 2. The first-order valence-electron chi connectivity index (χ1n) is 11.3. The molecule has 172 valence electrons. The number of piperazine rings is 1. The van der Waals surface area contributed by atoms with E-state index in [1.54, 1.807) is 19.7 Å². The molecule has 1 N–H and O–H groups in total. The molecule has 3 heterocycles. The van der Waals surface area contributed by atoms with E-state index < -0.39 is 0 Å². The zero-order valence-corrected chi connectivity index (χ0v) is 19.1. The van der Waals surface area contributed by atoms with E-state index in [2.05, 4.69) is 32.1 Å². The summed E-state index contributed by atoms with van der Waals surface area (Å²) in [5.74, 6) is 2.83. The van der Waals surface area contributed by atoms with E-state index in [1.807, 2.05) is 36.4 Å². The molecular formula is C25H29N5O3. The van der Waals surface area contributed by atoms with Gasteiger partial charge in [0.2, 0.25) is 0 Å². The number of hydrogen-bond acceptors (Lipinski definition) is 8. The number of aromatic nitrogens is 2. The molecule has 0 bridgehead atoms. The van der Waals surface area contributed by atoms with E-state index >= 15 is 0 Å². The summed E-state index contributed by atoms with van der Waals surface area (Å²) in [5, 5.41) is 4.23. The number of likely N-dealkylation sites (N-methyl/N-ethyl adjacent to an activating group) is 1. The number of ether oxygens (including phenoxy) is 2. The first-order valence-corrected chi connectivity index (χ1v) is 11.3. The molecule has 0 amide bonds. The number of methoxy groups -OCH3 is 1. The second-order valence-electron chi connectivity index (χ2n) is 8.36. The molecule has 1 fully saturated rings. The highest BCUT2D eigenvalue weighted by molar-refractivity contribution is 5.94. The molecule has 0 unspecified atom stereocenters. The minimum absolute atomic E-state index is 0.630. The van der Waals surface area contributed by atoms with Crippen LogP contribution >= 0.6 is 0 Å². The first kappa shape index (κ1) is 21.5. The molecule has 8 nitrogen and oxygen atoms in total. The lowest BCUT2D eigenvalue weighted by atomic mass is 10.2. The fraction of sp³-hybridized carbons (Fsp3) is 0.360. The second-order valence-corrected chi connectivity index (χ2v) is 8.36. The standard InChI is InChI=1S/C25H29N5O3/c1-29-9-11-30(12-10-29)8-4-14-32-23-16-21-19(15-22(23)31-2)25(27-17-26-21)28-20-7-6-18-5-3-13-33-24(18)20/h3,5-7,13,15-17H,4,8-12,14H2,1-2H3,(H,26,27,28). The molecule has 33 heavy (non-hydrogen) atoms. The monoisotopic (exact) mass is 447 g/mol. The van der Waals surface area contributed by atoms with Crippen LogP contribution in [0.2, 0.25) is 0 Å². The van der Waals surface area contributed by atoms with Gasteiger partial charge in [-0.3, -0.25) is 0 Å². The van der Waals surface area contributed by atoms with Crippen LogP contribution in [0.25, 0.3) is 22.2 Å². The Hall–Kier alpha value is -3.36. The van der Waals surface area contributed by atoms with E-state index in [9.17, 15) is 0 Å². The van der Waals surface area contributed by atoms with Gasteiger partial charge in [0.05, 0.1) is 31.2 Å². The van der Waals surface area contributed by atoms with Crippen molar-refractivity contribution in [2.45, 2.75) is 6.42 Å².